The second kappa shape index (κ2) is 4.86. The van der Waals surface area contributed by atoms with Gasteiger partial charge in [0.05, 0.1) is 0 Å². The third kappa shape index (κ3) is 3.14. The van der Waals surface area contributed by atoms with Gasteiger partial charge in [0.1, 0.15) is 5.03 Å². The van der Waals surface area contributed by atoms with Gasteiger partial charge in [0.2, 0.25) is 0 Å². The summed E-state index contributed by atoms with van der Waals surface area (Å²) in [5, 5.41) is -0.999. The Hall–Kier alpha value is -0.960. The molecular weight excluding hydrogens is 273 g/mol. The molecule has 0 aliphatic heterocycles. The summed E-state index contributed by atoms with van der Waals surface area (Å²) in [5.41, 5.74) is 1.03. The van der Waals surface area contributed by atoms with Crippen molar-refractivity contribution in [2.24, 2.45) is 17.3 Å². The lowest BCUT2D eigenvalue weighted by Crippen LogP contribution is -2.07. The number of rotatable bonds is 3. The Morgan fingerprint density at radius 2 is 1.84 bits per heavy atom. The fraction of sp³-hybridized carbons (Fsp3) is 0.467. The first-order chi connectivity index (χ1) is 8.73. The van der Waals surface area contributed by atoms with Crippen LogP contribution < -0.4 is 0 Å². The van der Waals surface area contributed by atoms with E-state index in [0.29, 0.717) is 0 Å². The smallest absolute Gasteiger partial charge is 0.165 e. The molecule has 2 rings (SSSR count). The number of hydrogen-bond donors (Lipinski definition) is 0. The van der Waals surface area contributed by atoms with E-state index < -0.39 is 11.2 Å². The monoisotopic (exact) mass is 288 g/mol. The van der Waals surface area contributed by atoms with Crippen LogP contribution in [0.5, 0.6) is 0 Å². The van der Waals surface area contributed by atoms with Crippen molar-refractivity contribution in [2.45, 2.75) is 26.4 Å². The maximum Gasteiger partial charge on any atom is 0.426 e. The second-order valence-corrected chi connectivity index (χ2v) is 6.06. The van der Waals surface area contributed by atoms with E-state index in [1.165, 1.54) is 6.08 Å². The first-order valence-corrected chi connectivity index (χ1v) is 6.59. The molecule has 0 amide bonds. The third-order valence-electron chi connectivity index (χ3n) is 4.03. The Morgan fingerprint density at radius 1 is 1.26 bits per heavy atom. The van der Waals surface area contributed by atoms with E-state index in [4.69, 9.17) is 11.6 Å². The molecule has 4 heteroatoms. The van der Waals surface area contributed by atoms with Gasteiger partial charge in [0.25, 0.3) is 0 Å². The molecule has 0 nitrogen and oxygen atoms in total. The summed E-state index contributed by atoms with van der Waals surface area (Å²) in [4.78, 5) is 0. The summed E-state index contributed by atoms with van der Waals surface area (Å²) in [6.07, 6.45) is -2.47. The minimum absolute atomic E-state index is 0.109. The topological polar surface area (TPSA) is 0 Å². The van der Waals surface area contributed by atoms with Crippen LogP contribution in [0.15, 0.2) is 41.4 Å². The molecule has 0 bridgehead atoms. The first kappa shape index (κ1) is 14.4. The van der Waals surface area contributed by atoms with Crippen molar-refractivity contribution in [1.82, 2.24) is 0 Å². The predicted octanol–water partition coefficient (Wildman–Crippen LogP) is 5.19. The normalized spacial score (nSPS) is 26.3. The molecule has 0 radical (unpaired) electrons. The van der Waals surface area contributed by atoms with Crippen LogP contribution in [0, 0.1) is 17.3 Å². The minimum Gasteiger partial charge on any atom is -0.165 e. The molecule has 0 aromatic heterocycles. The number of allylic oxidation sites excluding steroid dienone is 2. The molecule has 0 saturated heterocycles. The Kier molecular flexibility index (Phi) is 3.69. The molecule has 1 aromatic rings. The van der Waals surface area contributed by atoms with E-state index in [1.54, 1.807) is 0 Å². The van der Waals surface area contributed by atoms with Gasteiger partial charge in [-0.1, -0.05) is 61.9 Å². The van der Waals surface area contributed by atoms with Gasteiger partial charge in [-0.2, -0.15) is 13.2 Å². The van der Waals surface area contributed by atoms with Gasteiger partial charge in [-0.3, -0.25) is 0 Å². The molecule has 1 aliphatic rings. The predicted molar refractivity (Wildman–Crippen MR) is 70.9 cm³/mol. The highest BCUT2D eigenvalue weighted by atomic mass is 35.5. The van der Waals surface area contributed by atoms with Crippen molar-refractivity contribution in [3.63, 3.8) is 0 Å². The van der Waals surface area contributed by atoms with Crippen LogP contribution >= 0.6 is 11.6 Å². The summed E-state index contributed by atoms with van der Waals surface area (Å²) < 4.78 is 37.3. The second-order valence-electron chi connectivity index (χ2n) is 5.66. The fourth-order valence-electron chi connectivity index (χ4n) is 2.63. The quantitative estimate of drug-likeness (QED) is 0.718. The van der Waals surface area contributed by atoms with Gasteiger partial charge in [0.15, 0.2) is 0 Å². The van der Waals surface area contributed by atoms with Crippen LogP contribution in [0.3, 0.4) is 0 Å². The summed E-state index contributed by atoms with van der Waals surface area (Å²) in [6.45, 7) is 3.98. The van der Waals surface area contributed by atoms with Crippen molar-refractivity contribution in [3.8, 4) is 0 Å². The van der Waals surface area contributed by atoms with Gasteiger partial charge < -0.3 is 0 Å². The summed E-state index contributed by atoms with van der Waals surface area (Å²) >= 11 is 5.32. The van der Waals surface area contributed by atoms with Crippen molar-refractivity contribution >= 4 is 11.6 Å². The molecule has 1 saturated carbocycles. The standard InChI is InChI=1S/C15H16ClF3/c1-14(2)11(8-10-6-4-3-5-7-10)12(14)9-13(16)15(17,18)19/h3-7,9,11-12H,8H2,1-2H3/b13-9-/t11-,12+/m1/s1. The molecule has 1 aliphatic carbocycles. The van der Waals surface area contributed by atoms with Gasteiger partial charge in [-0.15, -0.1) is 0 Å². The zero-order valence-electron chi connectivity index (χ0n) is 10.8. The Labute approximate surface area is 116 Å². The molecular formula is C15H16ClF3. The van der Waals surface area contributed by atoms with Crippen LogP contribution in [0.25, 0.3) is 0 Å². The number of benzene rings is 1. The number of alkyl halides is 3. The maximum absolute atomic E-state index is 12.4. The molecule has 19 heavy (non-hydrogen) atoms. The highest BCUT2D eigenvalue weighted by Gasteiger charge is 2.56. The lowest BCUT2D eigenvalue weighted by Gasteiger charge is -2.04. The van der Waals surface area contributed by atoms with Gasteiger partial charge in [-0.25, -0.2) is 0 Å². The molecule has 104 valence electrons. The summed E-state index contributed by atoms with van der Waals surface area (Å²) in [7, 11) is 0. The van der Waals surface area contributed by atoms with E-state index in [-0.39, 0.29) is 17.3 Å². The van der Waals surface area contributed by atoms with Gasteiger partial charge in [-0.05, 0) is 29.2 Å². The highest BCUT2D eigenvalue weighted by Crippen LogP contribution is 2.61. The molecule has 0 N–H and O–H groups in total. The Morgan fingerprint density at radius 3 is 2.37 bits per heavy atom. The largest absolute Gasteiger partial charge is 0.426 e. The number of halogens is 4. The van der Waals surface area contributed by atoms with E-state index in [1.807, 2.05) is 44.2 Å². The zero-order valence-corrected chi connectivity index (χ0v) is 11.6. The minimum atomic E-state index is -4.43. The van der Waals surface area contributed by atoms with E-state index >= 15 is 0 Å². The first-order valence-electron chi connectivity index (χ1n) is 6.21. The molecule has 0 unspecified atom stereocenters. The van der Waals surface area contributed by atoms with Crippen LogP contribution in [0.2, 0.25) is 0 Å². The zero-order chi connectivity index (χ0) is 14.3. The molecule has 0 heterocycles. The van der Waals surface area contributed by atoms with Crippen LogP contribution in [0.4, 0.5) is 13.2 Å². The average Bonchev–Trinajstić information content (AvgIpc) is 2.81. The van der Waals surface area contributed by atoms with Crippen molar-refractivity contribution in [2.75, 3.05) is 0 Å². The van der Waals surface area contributed by atoms with Crippen molar-refractivity contribution < 1.29 is 13.2 Å². The van der Waals surface area contributed by atoms with E-state index in [2.05, 4.69) is 0 Å². The van der Waals surface area contributed by atoms with Crippen molar-refractivity contribution in [3.05, 3.63) is 47.0 Å². The van der Waals surface area contributed by atoms with Gasteiger partial charge in [0, 0.05) is 0 Å². The average molecular weight is 289 g/mol. The van der Waals surface area contributed by atoms with Crippen LogP contribution in [-0.4, -0.2) is 6.18 Å². The SMILES string of the molecule is CC1(C)[C@H](Cc2ccccc2)[C@@H]1/C=C(\Cl)C(F)(F)F. The Balaban J connectivity index is 2.09. The summed E-state index contributed by atoms with van der Waals surface area (Å²) in [5.74, 6) is 0.104. The summed E-state index contributed by atoms with van der Waals surface area (Å²) in [6, 6.07) is 9.82. The van der Waals surface area contributed by atoms with Crippen molar-refractivity contribution in [1.29, 1.82) is 0 Å². The van der Waals surface area contributed by atoms with E-state index in [0.717, 1.165) is 12.0 Å². The van der Waals surface area contributed by atoms with Crippen LogP contribution in [0.1, 0.15) is 19.4 Å². The molecule has 0 spiro atoms. The molecule has 1 aromatic carbocycles. The molecule has 2 atom stereocenters. The molecule has 1 fully saturated rings. The Bertz CT molecular complexity index is 474. The lowest BCUT2D eigenvalue weighted by atomic mass is 10.0. The van der Waals surface area contributed by atoms with Gasteiger partial charge >= 0.3 is 6.18 Å². The fourth-order valence-corrected chi connectivity index (χ4v) is 2.76. The van der Waals surface area contributed by atoms with E-state index in [9.17, 15) is 13.2 Å². The highest BCUT2D eigenvalue weighted by molar-refractivity contribution is 6.30. The van der Waals surface area contributed by atoms with Crippen LogP contribution in [-0.2, 0) is 6.42 Å². The third-order valence-corrected chi connectivity index (χ3v) is 4.37. The maximum atomic E-state index is 12.4. The number of hydrogen-bond acceptors (Lipinski definition) is 0. The lowest BCUT2D eigenvalue weighted by molar-refractivity contribution is -0.0848.